The third-order valence-corrected chi connectivity index (χ3v) is 2.85. The molecule has 17 heavy (non-hydrogen) atoms. The summed E-state index contributed by atoms with van der Waals surface area (Å²) >= 11 is 0. The maximum atomic E-state index is 13.9. The fourth-order valence-corrected chi connectivity index (χ4v) is 1.79. The Bertz CT molecular complexity index is 531. The number of hydrogen-bond acceptors (Lipinski definition) is 2. The van der Waals surface area contributed by atoms with Gasteiger partial charge in [-0.25, -0.2) is 8.78 Å². The molecule has 0 aliphatic heterocycles. The van der Waals surface area contributed by atoms with Crippen molar-refractivity contribution >= 4 is 0 Å². The van der Waals surface area contributed by atoms with E-state index in [0.29, 0.717) is 5.56 Å². The summed E-state index contributed by atoms with van der Waals surface area (Å²) in [5, 5.41) is 10.3. The molecule has 2 nitrogen and oxygen atoms in total. The number of halogens is 2. The van der Waals surface area contributed by atoms with Gasteiger partial charge in [-0.15, -0.1) is 0 Å². The summed E-state index contributed by atoms with van der Waals surface area (Å²) in [4.78, 5) is 0. The van der Waals surface area contributed by atoms with Crippen LogP contribution in [0.2, 0.25) is 0 Å². The minimum Gasteiger partial charge on any atom is -0.472 e. The lowest BCUT2D eigenvalue weighted by Crippen LogP contribution is -2.25. The number of aryl methyl sites for hydroxylation is 1. The van der Waals surface area contributed by atoms with E-state index in [0.717, 1.165) is 6.07 Å². The van der Waals surface area contributed by atoms with Crippen LogP contribution >= 0.6 is 0 Å². The van der Waals surface area contributed by atoms with Gasteiger partial charge >= 0.3 is 0 Å². The van der Waals surface area contributed by atoms with Crippen molar-refractivity contribution in [3.63, 3.8) is 0 Å². The molecule has 0 bridgehead atoms. The number of rotatable bonds is 2. The van der Waals surface area contributed by atoms with Gasteiger partial charge in [-0.3, -0.25) is 0 Å². The Kier molecular flexibility index (Phi) is 2.75. The lowest BCUT2D eigenvalue weighted by atomic mass is 9.88. The lowest BCUT2D eigenvalue weighted by molar-refractivity contribution is 0.0925. The van der Waals surface area contributed by atoms with Gasteiger partial charge in [-0.05, 0) is 31.5 Å². The quantitative estimate of drug-likeness (QED) is 0.872. The van der Waals surface area contributed by atoms with E-state index >= 15 is 0 Å². The molecule has 0 saturated heterocycles. The highest BCUT2D eigenvalue weighted by molar-refractivity contribution is 5.37. The molecule has 90 valence electrons. The number of furan rings is 1. The maximum Gasteiger partial charge on any atom is 0.135 e. The Balaban J connectivity index is 2.65. The van der Waals surface area contributed by atoms with Crippen LogP contribution in [0.5, 0.6) is 0 Å². The molecule has 1 aromatic carbocycles. The molecular weight excluding hydrogens is 226 g/mol. The monoisotopic (exact) mass is 238 g/mol. The van der Waals surface area contributed by atoms with Crippen LogP contribution in [0.25, 0.3) is 0 Å². The highest BCUT2D eigenvalue weighted by Gasteiger charge is 2.33. The van der Waals surface area contributed by atoms with Gasteiger partial charge in [-0.1, -0.05) is 6.07 Å². The first-order valence-electron chi connectivity index (χ1n) is 5.14. The molecule has 0 spiro atoms. The highest BCUT2D eigenvalue weighted by Crippen LogP contribution is 2.34. The van der Waals surface area contributed by atoms with Crippen LogP contribution < -0.4 is 0 Å². The van der Waals surface area contributed by atoms with Crippen molar-refractivity contribution in [2.75, 3.05) is 0 Å². The van der Waals surface area contributed by atoms with Crippen molar-refractivity contribution in [2.45, 2.75) is 19.4 Å². The first kappa shape index (κ1) is 11.8. The van der Waals surface area contributed by atoms with Crippen LogP contribution in [0, 0.1) is 18.6 Å². The van der Waals surface area contributed by atoms with Gasteiger partial charge in [0.05, 0.1) is 18.1 Å². The van der Waals surface area contributed by atoms with Crippen LogP contribution in [-0.4, -0.2) is 5.11 Å². The first-order chi connectivity index (χ1) is 7.94. The van der Waals surface area contributed by atoms with Crippen LogP contribution in [0.4, 0.5) is 8.78 Å². The van der Waals surface area contributed by atoms with Crippen LogP contribution in [0.1, 0.15) is 23.6 Å². The van der Waals surface area contributed by atoms with Crippen molar-refractivity contribution in [3.05, 3.63) is 59.1 Å². The molecule has 1 aromatic heterocycles. The standard InChI is InChI=1S/C13H12F2O2/c1-8-3-4-10(14)11(12(8)15)13(2,16)9-5-6-17-7-9/h3-7,16H,1-2H3. The molecule has 1 N–H and O–H groups in total. The molecule has 4 heteroatoms. The fraction of sp³-hybridized carbons (Fsp3) is 0.231. The Morgan fingerprint density at radius 2 is 1.94 bits per heavy atom. The van der Waals surface area contributed by atoms with Crippen LogP contribution in [-0.2, 0) is 5.60 Å². The van der Waals surface area contributed by atoms with Crippen LogP contribution in [0.15, 0.2) is 35.1 Å². The zero-order valence-corrected chi connectivity index (χ0v) is 9.50. The number of benzene rings is 1. The van der Waals surface area contributed by atoms with Crippen molar-refractivity contribution in [2.24, 2.45) is 0 Å². The van der Waals surface area contributed by atoms with E-state index in [9.17, 15) is 13.9 Å². The van der Waals surface area contributed by atoms with E-state index in [1.165, 1.54) is 38.5 Å². The predicted molar refractivity (Wildman–Crippen MR) is 58.5 cm³/mol. The summed E-state index contributed by atoms with van der Waals surface area (Å²) in [6.45, 7) is 2.85. The summed E-state index contributed by atoms with van der Waals surface area (Å²) < 4.78 is 32.4. The molecule has 0 saturated carbocycles. The van der Waals surface area contributed by atoms with Gasteiger partial charge in [0.2, 0.25) is 0 Å². The minimum atomic E-state index is -1.76. The third-order valence-electron chi connectivity index (χ3n) is 2.85. The molecule has 1 heterocycles. The van der Waals surface area contributed by atoms with Gasteiger partial charge in [0.25, 0.3) is 0 Å². The average molecular weight is 238 g/mol. The lowest BCUT2D eigenvalue weighted by Gasteiger charge is -2.24. The predicted octanol–water partition coefficient (Wildman–Crippen LogP) is 3.12. The topological polar surface area (TPSA) is 33.4 Å². The van der Waals surface area contributed by atoms with E-state index in [-0.39, 0.29) is 11.1 Å². The smallest absolute Gasteiger partial charge is 0.135 e. The maximum absolute atomic E-state index is 13.9. The molecular formula is C13H12F2O2. The molecule has 0 aliphatic rings. The molecule has 2 rings (SSSR count). The molecule has 0 radical (unpaired) electrons. The summed E-state index contributed by atoms with van der Waals surface area (Å²) in [7, 11) is 0. The molecule has 2 aromatic rings. The van der Waals surface area contributed by atoms with E-state index in [4.69, 9.17) is 4.42 Å². The van der Waals surface area contributed by atoms with Crippen LogP contribution in [0.3, 0.4) is 0 Å². The summed E-state index contributed by atoms with van der Waals surface area (Å²) in [5.41, 5.74) is -1.53. The van der Waals surface area contributed by atoms with Gasteiger partial charge in [0, 0.05) is 5.56 Å². The summed E-state index contributed by atoms with van der Waals surface area (Å²) in [6, 6.07) is 3.95. The molecule has 1 atom stereocenters. The van der Waals surface area contributed by atoms with Crippen molar-refractivity contribution < 1.29 is 18.3 Å². The average Bonchev–Trinajstić information content (AvgIpc) is 2.77. The minimum absolute atomic E-state index is 0.283. The second kappa shape index (κ2) is 3.96. The SMILES string of the molecule is Cc1ccc(F)c(C(C)(O)c2ccoc2)c1F. The fourth-order valence-electron chi connectivity index (χ4n) is 1.79. The van der Waals surface area contributed by atoms with Gasteiger partial charge in [0.15, 0.2) is 0 Å². The zero-order chi connectivity index (χ0) is 12.6. The molecule has 0 amide bonds. The summed E-state index contributed by atoms with van der Waals surface area (Å²) in [5.74, 6) is -1.52. The van der Waals surface area contributed by atoms with E-state index in [1.54, 1.807) is 0 Å². The largest absolute Gasteiger partial charge is 0.472 e. The highest BCUT2D eigenvalue weighted by atomic mass is 19.1. The zero-order valence-electron chi connectivity index (χ0n) is 9.50. The van der Waals surface area contributed by atoms with E-state index in [2.05, 4.69) is 0 Å². The molecule has 0 fully saturated rings. The Labute approximate surface area is 97.5 Å². The normalized spacial score (nSPS) is 14.6. The Morgan fingerprint density at radius 3 is 2.53 bits per heavy atom. The molecule has 1 unspecified atom stereocenters. The second-order valence-electron chi connectivity index (χ2n) is 4.14. The number of hydrogen-bond donors (Lipinski definition) is 1. The van der Waals surface area contributed by atoms with Crippen molar-refractivity contribution in [1.29, 1.82) is 0 Å². The van der Waals surface area contributed by atoms with Gasteiger partial charge in [-0.2, -0.15) is 0 Å². The Hall–Kier alpha value is -1.68. The van der Waals surface area contributed by atoms with Crippen molar-refractivity contribution in [1.82, 2.24) is 0 Å². The van der Waals surface area contributed by atoms with Gasteiger partial charge < -0.3 is 9.52 Å². The van der Waals surface area contributed by atoms with E-state index in [1.807, 2.05) is 0 Å². The third kappa shape index (κ3) is 1.85. The number of aliphatic hydroxyl groups is 1. The van der Waals surface area contributed by atoms with Gasteiger partial charge in [0.1, 0.15) is 17.2 Å². The second-order valence-corrected chi connectivity index (χ2v) is 4.14. The van der Waals surface area contributed by atoms with Crippen molar-refractivity contribution in [3.8, 4) is 0 Å². The Morgan fingerprint density at radius 1 is 1.24 bits per heavy atom. The summed E-state index contributed by atoms with van der Waals surface area (Å²) in [6.07, 6.45) is 2.61. The van der Waals surface area contributed by atoms with E-state index < -0.39 is 17.2 Å². The molecule has 0 aliphatic carbocycles. The first-order valence-corrected chi connectivity index (χ1v) is 5.14.